The summed E-state index contributed by atoms with van der Waals surface area (Å²) in [7, 11) is -2.45. The van der Waals surface area contributed by atoms with E-state index in [-0.39, 0.29) is 11.5 Å². The summed E-state index contributed by atoms with van der Waals surface area (Å²) in [6, 6.07) is 10.7. The van der Waals surface area contributed by atoms with Crippen LogP contribution in [0.4, 0.5) is 0 Å². The van der Waals surface area contributed by atoms with Gasteiger partial charge in [-0.25, -0.2) is 10.5 Å². The predicted octanol–water partition coefficient (Wildman–Crippen LogP) is 2.94. The lowest BCUT2D eigenvalue weighted by Crippen LogP contribution is -2.37. The topological polar surface area (TPSA) is 117 Å². The van der Waals surface area contributed by atoms with Gasteiger partial charge in [-0.3, -0.25) is 33.0 Å². The van der Waals surface area contributed by atoms with Crippen LogP contribution in [0.1, 0.15) is 28.4 Å². The summed E-state index contributed by atoms with van der Waals surface area (Å²) in [5.41, 5.74) is 5.47. The molecule has 1 aliphatic rings. The van der Waals surface area contributed by atoms with Gasteiger partial charge >= 0.3 is 0 Å². The Morgan fingerprint density at radius 3 is 2.67 bits per heavy atom. The summed E-state index contributed by atoms with van der Waals surface area (Å²) in [4.78, 5) is 37.3. The number of fused-ring (bicyclic) bond motifs is 1. The molecular formula is C23H28N4O5S. The first-order valence-electron chi connectivity index (χ1n) is 10.8. The van der Waals surface area contributed by atoms with Crippen LogP contribution in [0.25, 0.3) is 16.6 Å². The molecule has 1 aliphatic heterocycles. The summed E-state index contributed by atoms with van der Waals surface area (Å²) in [6.45, 7) is 5.81. The number of rotatable bonds is 6. The minimum absolute atomic E-state index is 0.222. The molecule has 0 spiro atoms. The van der Waals surface area contributed by atoms with Crippen molar-refractivity contribution in [3.8, 4) is 5.69 Å². The highest BCUT2D eigenvalue weighted by Crippen LogP contribution is 2.40. The number of aryl methyl sites for hydroxylation is 1. The molecule has 0 radical (unpaired) electrons. The monoisotopic (exact) mass is 472 g/mol. The molecule has 1 fully saturated rings. The van der Waals surface area contributed by atoms with E-state index in [2.05, 4.69) is 15.4 Å². The molecule has 4 rings (SSSR count). The Labute approximate surface area is 193 Å². The quantitative estimate of drug-likeness (QED) is 0.472. The fraction of sp³-hybridized carbons (Fsp3) is 0.348. The number of hydroxylamine groups is 1. The normalized spacial score (nSPS) is 17.1. The maximum Gasteiger partial charge on any atom is 0.274 e. The summed E-state index contributed by atoms with van der Waals surface area (Å²) < 4.78 is 21.1. The molecule has 3 aromatic rings. The van der Waals surface area contributed by atoms with Crippen molar-refractivity contribution >= 4 is 27.4 Å². The van der Waals surface area contributed by atoms with E-state index in [0.29, 0.717) is 59.9 Å². The van der Waals surface area contributed by atoms with Crippen LogP contribution in [0, 0.1) is 6.92 Å². The van der Waals surface area contributed by atoms with Crippen molar-refractivity contribution in [2.45, 2.75) is 20.4 Å². The Kier molecular flexibility index (Phi) is 6.82. The summed E-state index contributed by atoms with van der Waals surface area (Å²) in [5, 5.41) is 0.486. The minimum Gasteiger partial charge on any atom is -0.299 e. The number of nitrogens with zero attached hydrogens (tertiary/aromatic N) is 3. The lowest BCUT2D eigenvalue weighted by molar-refractivity contribution is 0.0364. The van der Waals surface area contributed by atoms with Crippen molar-refractivity contribution in [1.82, 2.24) is 19.9 Å². The number of carbonyl (C=O) groups excluding carboxylic acids is 1. The van der Waals surface area contributed by atoms with Crippen molar-refractivity contribution in [2.24, 2.45) is 0 Å². The molecule has 9 nitrogen and oxygen atoms in total. The van der Waals surface area contributed by atoms with Crippen LogP contribution < -0.4 is 11.0 Å². The van der Waals surface area contributed by atoms with Gasteiger partial charge in [0.05, 0.1) is 34.7 Å². The zero-order chi connectivity index (χ0) is 23.6. The number of amides is 1. The van der Waals surface area contributed by atoms with Crippen molar-refractivity contribution in [3.63, 3.8) is 0 Å². The van der Waals surface area contributed by atoms with Crippen molar-refractivity contribution in [3.05, 3.63) is 69.8 Å². The van der Waals surface area contributed by atoms with Gasteiger partial charge in [0.2, 0.25) is 0 Å². The van der Waals surface area contributed by atoms with Gasteiger partial charge in [-0.1, -0.05) is 12.1 Å². The number of carbonyl (C=O) groups is 1. The van der Waals surface area contributed by atoms with Crippen LogP contribution in [0.3, 0.4) is 0 Å². The molecule has 1 amide bonds. The van der Waals surface area contributed by atoms with Crippen LogP contribution in [0.5, 0.6) is 0 Å². The molecule has 1 saturated heterocycles. The van der Waals surface area contributed by atoms with Gasteiger partial charge in [-0.2, -0.15) is 10.6 Å². The molecule has 33 heavy (non-hydrogen) atoms. The Balaban J connectivity index is 1.65. The largest absolute Gasteiger partial charge is 0.299 e. The number of hydrogen-bond acceptors (Lipinski definition) is 7. The van der Waals surface area contributed by atoms with E-state index in [1.54, 1.807) is 25.1 Å². The van der Waals surface area contributed by atoms with Crippen LogP contribution in [0.2, 0.25) is 0 Å². The second-order valence-electron chi connectivity index (χ2n) is 8.12. The third-order valence-electron chi connectivity index (χ3n) is 5.74. The van der Waals surface area contributed by atoms with E-state index in [4.69, 9.17) is 4.84 Å². The lowest BCUT2D eigenvalue weighted by atomic mass is 10.1. The van der Waals surface area contributed by atoms with E-state index >= 15 is 0 Å². The van der Waals surface area contributed by atoms with Crippen LogP contribution in [-0.2, 0) is 11.4 Å². The third kappa shape index (κ3) is 5.26. The highest BCUT2D eigenvalue weighted by Gasteiger charge is 2.22. The van der Waals surface area contributed by atoms with Gasteiger partial charge in [0.15, 0.2) is 0 Å². The van der Waals surface area contributed by atoms with Crippen LogP contribution >= 0.6 is 10.6 Å². The molecule has 0 bridgehead atoms. The zero-order valence-electron chi connectivity index (χ0n) is 18.7. The third-order valence-corrected chi connectivity index (χ3v) is 7.41. The minimum atomic E-state index is -2.45. The van der Waals surface area contributed by atoms with Gasteiger partial charge in [0, 0.05) is 25.2 Å². The van der Waals surface area contributed by atoms with Crippen LogP contribution in [-0.4, -0.2) is 60.7 Å². The van der Waals surface area contributed by atoms with Gasteiger partial charge in [0.1, 0.15) is 6.33 Å². The molecule has 2 aromatic carbocycles. The molecule has 1 aromatic heterocycles. The number of aromatic nitrogens is 2. The fourth-order valence-electron chi connectivity index (χ4n) is 3.83. The number of hydrogen-bond donors (Lipinski definition) is 3. The van der Waals surface area contributed by atoms with Crippen molar-refractivity contribution in [2.75, 3.05) is 31.2 Å². The molecule has 0 aliphatic carbocycles. The van der Waals surface area contributed by atoms with E-state index in [0.717, 1.165) is 11.1 Å². The summed E-state index contributed by atoms with van der Waals surface area (Å²) >= 11 is 0. The first-order chi connectivity index (χ1) is 15.8. The Bertz CT molecular complexity index is 1230. The SMILES string of the molecule is CCONC(=O)c1ccc(C)c(-n2cnc3ccc(CN4CCS(O)(O)CC4)cc3c2=O)c1. The summed E-state index contributed by atoms with van der Waals surface area (Å²) in [5.74, 6) is 0.364. The molecular weight excluding hydrogens is 444 g/mol. The molecule has 0 atom stereocenters. The van der Waals surface area contributed by atoms with E-state index in [1.807, 2.05) is 25.1 Å². The molecule has 3 N–H and O–H groups in total. The van der Waals surface area contributed by atoms with E-state index < -0.39 is 10.6 Å². The highest BCUT2D eigenvalue weighted by atomic mass is 32.3. The molecule has 10 heteroatoms. The van der Waals surface area contributed by atoms with Gasteiger partial charge < -0.3 is 0 Å². The van der Waals surface area contributed by atoms with Gasteiger partial charge in [-0.05, 0) is 49.2 Å². The number of nitrogens with one attached hydrogen (secondary N) is 1. The van der Waals surface area contributed by atoms with E-state index in [9.17, 15) is 18.7 Å². The smallest absolute Gasteiger partial charge is 0.274 e. The van der Waals surface area contributed by atoms with Crippen LogP contribution in [0.15, 0.2) is 47.5 Å². The first-order valence-corrected chi connectivity index (χ1v) is 12.7. The van der Waals surface area contributed by atoms with E-state index in [1.165, 1.54) is 10.9 Å². The first kappa shape index (κ1) is 23.4. The Morgan fingerprint density at radius 2 is 1.94 bits per heavy atom. The highest BCUT2D eigenvalue weighted by molar-refractivity contribution is 8.24. The maximum absolute atomic E-state index is 13.4. The molecule has 0 unspecified atom stereocenters. The zero-order valence-corrected chi connectivity index (χ0v) is 19.5. The average Bonchev–Trinajstić information content (AvgIpc) is 2.80. The molecule has 2 heterocycles. The second-order valence-corrected chi connectivity index (χ2v) is 10.5. The second kappa shape index (κ2) is 9.62. The number of benzene rings is 2. The van der Waals surface area contributed by atoms with Gasteiger partial charge in [-0.15, -0.1) is 0 Å². The summed E-state index contributed by atoms with van der Waals surface area (Å²) in [6.07, 6.45) is 1.48. The standard InChI is InChI=1S/C23H28N4O5S/c1-3-32-25-22(28)18-6-4-16(2)21(13-18)27-15-24-20-7-5-17(12-19(20)23(27)29)14-26-8-10-33(30,31)11-9-26/h4-7,12-13,15,30-31H,3,8-11,14H2,1-2H3,(H,25,28). The molecule has 176 valence electrons. The average molecular weight is 473 g/mol. The maximum atomic E-state index is 13.4. The predicted molar refractivity (Wildman–Crippen MR) is 129 cm³/mol. The van der Waals surface area contributed by atoms with Gasteiger partial charge in [0.25, 0.3) is 11.5 Å². The van der Waals surface area contributed by atoms with Crippen molar-refractivity contribution < 1.29 is 18.7 Å². The lowest BCUT2D eigenvalue weighted by Gasteiger charge is -2.41. The fourth-order valence-corrected chi connectivity index (χ4v) is 5.13. The molecule has 0 saturated carbocycles. The Morgan fingerprint density at radius 1 is 1.18 bits per heavy atom. The Hall–Kier alpha value is -2.76. The van der Waals surface area contributed by atoms with Crippen molar-refractivity contribution in [1.29, 1.82) is 0 Å².